The molecule has 124 valence electrons. The second kappa shape index (κ2) is 5.21. The van der Waals surface area contributed by atoms with Gasteiger partial charge in [-0.05, 0) is 55.8 Å². The average molecular weight is 304 g/mol. The van der Waals surface area contributed by atoms with Crippen LogP contribution < -0.4 is 0 Å². The summed E-state index contributed by atoms with van der Waals surface area (Å²) in [6.45, 7) is 10.9. The quantitative estimate of drug-likeness (QED) is 0.755. The fraction of sp³-hybridized carbons (Fsp3) is 0.800. The third kappa shape index (κ3) is 2.14. The van der Waals surface area contributed by atoms with E-state index < -0.39 is 0 Å². The van der Waals surface area contributed by atoms with Crippen molar-refractivity contribution in [3.63, 3.8) is 0 Å². The molecule has 3 aliphatic rings. The minimum absolute atomic E-state index is 0.102. The summed E-state index contributed by atoms with van der Waals surface area (Å²) in [5, 5.41) is 20.5. The number of aliphatic hydroxyl groups is 2. The van der Waals surface area contributed by atoms with Crippen LogP contribution >= 0.6 is 0 Å². The molecule has 0 heterocycles. The van der Waals surface area contributed by atoms with Crippen molar-refractivity contribution in [3.8, 4) is 0 Å². The van der Waals surface area contributed by atoms with Gasteiger partial charge < -0.3 is 10.2 Å². The molecule has 2 heteroatoms. The van der Waals surface area contributed by atoms with Crippen LogP contribution in [0.1, 0.15) is 59.3 Å². The van der Waals surface area contributed by atoms with Crippen LogP contribution in [0.15, 0.2) is 24.3 Å². The van der Waals surface area contributed by atoms with E-state index in [-0.39, 0.29) is 29.0 Å². The topological polar surface area (TPSA) is 40.5 Å². The molecule has 0 saturated heterocycles. The Kier molecular flexibility index (Phi) is 3.85. The van der Waals surface area contributed by atoms with Gasteiger partial charge in [0.15, 0.2) is 0 Å². The van der Waals surface area contributed by atoms with Crippen LogP contribution in [0.3, 0.4) is 0 Å². The summed E-state index contributed by atoms with van der Waals surface area (Å²) in [6.07, 6.45) is 10.8. The van der Waals surface area contributed by atoms with Gasteiger partial charge in [-0.2, -0.15) is 0 Å². The number of hydrogen-bond acceptors (Lipinski definition) is 2. The monoisotopic (exact) mass is 304 g/mol. The van der Waals surface area contributed by atoms with Crippen LogP contribution in [0.2, 0.25) is 0 Å². The fourth-order valence-corrected chi connectivity index (χ4v) is 5.94. The molecule has 0 aromatic carbocycles. The molecule has 2 saturated carbocycles. The molecule has 0 radical (unpaired) electrons. The van der Waals surface area contributed by atoms with E-state index in [1.807, 2.05) is 0 Å². The number of rotatable bonds is 2. The summed E-state index contributed by atoms with van der Waals surface area (Å²) in [7, 11) is 0. The smallest absolute Gasteiger partial charge is 0.0618 e. The van der Waals surface area contributed by atoms with Crippen LogP contribution in [-0.4, -0.2) is 22.9 Å². The van der Waals surface area contributed by atoms with Crippen LogP contribution in [-0.2, 0) is 0 Å². The first kappa shape index (κ1) is 16.3. The Balaban J connectivity index is 1.98. The third-order valence-corrected chi connectivity index (χ3v) is 7.57. The number of fused-ring (bicyclic) bond motifs is 3. The van der Waals surface area contributed by atoms with Gasteiger partial charge in [-0.15, -0.1) is 6.58 Å². The van der Waals surface area contributed by atoms with E-state index in [1.54, 1.807) is 5.57 Å². The van der Waals surface area contributed by atoms with E-state index >= 15 is 0 Å². The average Bonchev–Trinajstić information content (AvgIpc) is 2.51. The molecule has 0 amide bonds. The van der Waals surface area contributed by atoms with Crippen molar-refractivity contribution in [1.82, 2.24) is 0 Å². The molecule has 0 aromatic rings. The molecular formula is C20H32O2. The van der Waals surface area contributed by atoms with Crippen molar-refractivity contribution in [2.75, 3.05) is 6.61 Å². The summed E-state index contributed by atoms with van der Waals surface area (Å²) >= 11 is 0. The maximum absolute atomic E-state index is 10.5. The highest BCUT2D eigenvalue weighted by Crippen LogP contribution is 2.63. The molecule has 3 rings (SSSR count). The molecule has 0 aromatic heterocycles. The van der Waals surface area contributed by atoms with Crippen molar-refractivity contribution < 1.29 is 10.2 Å². The van der Waals surface area contributed by atoms with E-state index in [0.29, 0.717) is 11.8 Å². The first-order valence-electron chi connectivity index (χ1n) is 8.93. The van der Waals surface area contributed by atoms with Gasteiger partial charge in [-0.3, -0.25) is 0 Å². The molecule has 6 atom stereocenters. The van der Waals surface area contributed by atoms with Gasteiger partial charge in [0.2, 0.25) is 0 Å². The van der Waals surface area contributed by atoms with Gasteiger partial charge in [-0.1, -0.05) is 38.5 Å². The zero-order chi connectivity index (χ0) is 16.2. The van der Waals surface area contributed by atoms with Crippen molar-refractivity contribution in [1.29, 1.82) is 0 Å². The molecule has 22 heavy (non-hydrogen) atoms. The molecule has 2 nitrogen and oxygen atoms in total. The van der Waals surface area contributed by atoms with E-state index in [0.717, 1.165) is 25.7 Å². The van der Waals surface area contributed by atoms with Crippen molar-refractivity contribution >= 4 is 0 Å². The Morgan fingerprint density at radius 1 is 1.23 bits per heavy atom. The van der Waals surface area contributed by atoms with Gasteiger partial charge >= 0.3 is 0 Å². The van der Waals surface area contributed by atoms with E-state index in [1.165, 1.54) is 12.8 Å². The van der Waals surface area contributed by atoms with Crippen molar-refractivity contribution in [2.45, 2.75) is 65.4 Å². The lowest BCUT2D eigenvalue weighted by molar-refractivity contribution is -0.153. The third-order valence-electron chi connectivity index (χ3n) is 7.57. The highest BCUT2D eigenvalue weighted by molar-refractivity contribution is 5.27. The summed E-state index contributed by atoms with van der Waals surface area (Å²) in [4.78, 5) is 0. The Labute approximate surface area is 135 Å². The van der Waals surface area contributed by atoms with Gasteiger partial charge in [-0.25, -0.2) is 0 Å². The maximum atomic E-state index is 10.5. The second-order valence-corrected chi connectivity index (χ2v) is 8.84. The molecular weight excluding hydrogens is 272 g/mol. The first-order chi connectivity index (χ1) is 10.3. The Morgan fingerprint density at radius 3 is 2.59 bits per heavy atom. The SMILES string of the molecule is C=C[C@]1(C)C=C2CCC3[C@](C)(CC[C@@H](O)[C@]3(C)CO)C2CC1. The number of aliphatic hydroxyl groups excluding tert-OH is 2. The van der Waals surface area contributed by atoms with Crippen molar-refractivity contribution in [3.05, 3.63) is 24.3 Å². The minimum atomic E-state index is -0.358. The number of allylic oxidation sites excluding steroid dienone is 3. The maximum Gasteiger partial charge on any atom is 0.0618 e. The highest BCUT2D eigenvalue weighted by Gasteiger charge is 2.58. The predicted octanol–water partition coefficient (Wildman–Crippen LogP) is 4.08. The highest BCUT2D eigenvalue weighted by atomic mass is 16.3. The molecule has 2 N–H and O–H groups in total. The van der Waals surface area contributed by atoms with Crippen LogP contribution in [0.5, 0.6) is 0 Å². The first-order valence-corrected chi connectivity index (χ1v) is 8.93. The van der Waals surface area contributed by atoms with E-state index in [2.05, 4.69) is 39.5 Å². The molecule has 2 fully saturated rings. The normalized spacial score (nSPS) is 51.5. The largest absolute Gasteiger partial charge is 0.396 e. The lowest BCUT2D eigenvalue weighted by Gasteiger charge is -2.61. The molecule has 2 unspecified atom stereocenters. The van der Waals surface area contributed by atoms with Crippen LogP contribution in [0.4, 0.5) is 0 Å². The van der Waals surface area contributed by atoms with Gasteiger partial charge in [0.1, 0.15) is 0 Å². The number of hydrogen-bond donors (Lipinski definition) is 2. The summed E-state index contributed by atoms with van der Waals surface area (Å²) in [6, 6.07) is 0. The molecule has 3 aliphatic carbocycles. The van der Waals surface area contributed by atoms with Crippen LogP contribution in [0, 0.1) is 28.1 Å². The predicted molar refractivity (Wildman–Crippen MR) is 90.4 cm³/mol. The Bertz CT molecular complexity index is 496. The molecule has 0 bridgehead atoms. The Hall–Kier alpha value is -0.600. The fourth-order valence-electron chi connectivity index (χ4n) is 5.94. The van der Waals surface area contributed by atoms with Gasteiger partial charge in [0, 0.05) is 10.8 Å². The zero-order valence-electron chi connectivity index (χ0n) is 14.4. The minimum Gasteiger partial charge on any atom is -0.396 e. The summed E-state index contributed by atoms with van der Waals surface area (Å²) in [5.41, 5.74) is 1.66. The van der Waals surface area contributed by atoms with E-state index in [4.69, 9.17) is 0 Å². The standard InChI is InChI=1S/C20H32O2/c1-5-18(2)10-8-15-14(12-18)6-7-16-19(15,3)11-9-17(22)20(16,4)13-21/h5,12,15-17,21-22H,1,6-11,13H2,2-4H3/t15?,16?,17-,18+,19-,20-/m1/s1. The summed E-state index contributed by atoms with van der Waals surface area (Å²) in [5.74, 6) is 1.04. The van der Waals surface area contributed by atoms with Crippen molar-refractivity contribution in [2.24, 2.45) is 28.1 Å². The van der Waals surface area contributed by atoms with Gasteiger partial charge in [0.05, 0.1) is 12.7 Å². The molecule has 0 aliphatic heterocycles. The zero-order valence-corrected chi connectivity index (χ0v) is 14.4. The van der Waals surface area contributed by atoms with Gasteiger partial charge in [0.25, 0.3) is 0 Å². The lowest BCUT2D eigenvalue weighted by Crippen LogP contribution is -2.58. The summed E-state index contributed by atoms with van der Waals surface area (Å²) < 4.78 is 0. The Morgan fingerprint density at radius 2 is 1.95 bits per heavy atom. The lowest BCUT2D eigenvalue weighted by atomic mass is 9.44. The van der Waals surface area contributed by atoms with Crippen LogP contribution in [0.25, 0.3) is 0 Å². The second-order valence-electron chi connectivity index (χ2n) is 8.84. The molecule has 0 spiro atoms. The van der Waals surface area contributed by atoms with E-state index in [9.17, 15) is 10.2 Å².